The van der Waals surface area contributed by atoms with Gasteiger partial charge in [0, 0.05) is 38.7 Å². The zero-order chi connectivity index (χ0) is 13.3. The summed E-state index contributed by atoms with van der Waals surface area (Å²) in [6.07, 6.45) is 8.94. The maximum atomic E-state index is 6.60. The second kappa shape index (κ2) is 5.71. The van der Waals surface area contributed by atoms with Crippen LogP contribution in [-0.2, 0) is 9.47 Å². The summed E-state index contributed by atoms with van der Waals surface area (Å²) in [5.74, 6) is 2.85. The van der Waals surface area contributed by atoms with Gasteiger partial charge in [-0.1, -0.05) is 6.42 Å². The molecule has 1 heterocycles. The molecule has 3 aliphatic rings. The summed E-state index contributed by atoms with van der Waals surface area (Å²) in [5, 5.41) is 0. The fraction of sp³-hybridized carbons (Fsp3) is 1.00. The highest BCUT2D eigenvalue weighted by atomic mass is 16.5. The number of hydrogen-bond acceptors (Lipinski definition) is 3. The topological polar surface area (TPSA) is 44.5 Å². The van der Waals surface area contributed by atoms with E-state index in [0.717, 1.165) is 50.4 Å². The molecule has 19 heavy (non-hydrogen) atoms. The second-order valence-corrected chi connectivity index (χ2v) is 6.89. The molecule has 0 aromatic heterocycles. The smallest absolute Gasteiger partial charge is 0.0876 e. The molecule has 1 aliphatic heterocycles. The first kappa shape index (κ1) is 13.8. The normalized spacial score (nSPS) is 38.5. The van der Waals surface area contributed by atoms with Crippen LogP contribution in [0.3, 0.4) is 0 Å². The van der Waals surface area contributed by atoms with E-state index in [0.29, 0.717) is 0 Å². The minimum atomic E-state index is -0.102. The van der Waals surface area contributed by atoms with Gasteiger partial charge >= 0.3 is 0 Å². The van der Waals surface area contributed by atoms with Gasteiger partial charge in [0.1, 0.15) is 0 Å². The molecule has 3 fully saturated rings. The van der Waals surface area contributed by atoms with Gasteiger partial charge in [0.2, 0.25) is 0 Å². The highest BCUT2D eigenvalue weighted by Crippen LogP contribution is 2.50. The first-order valence-electron chi connectivity index (χ1n) is 8.21. The van der Waals surface area contributed by atoms with Gasteiger partial charge in [0.25, 0.3) is 0 Å². The Morgan fingerprint density at radius 1 is 1.26 bits per heavy atom. The Morgan fingerprint density at radius 3 is 2.63 bits per heavy atom. The average Bonchev–Trinajstić information content (AvgIpc) is 3.02. The molecule has 1 saturated heterocycles. The Balaban J connectivity index is 1.61. The lowest BCUT2D eigenvalue weighted by molar-refractivity contribution is -0.124. The maximum Gasteiger partial charge on any atom is 0.0876 e. The molecule has 0 aromatic rings. The minimum absolute atomic E-state index is 0.102. The van der Waals surface area contributed by atoms with Crippen molar-refractivity contribution < 1.29 is 9.47 Å². The lowest BCUT2D eigenvalue weighted by atomic mass is 9.77. The zero-order valence-corrected chi connectivity index (χ0v) is 12.3. The van der Waals surface area contributed by atoms with Crippen molar-refractivity contribution in [2.75, 3.05) is 19.8 Å². The van der Waals surface area contributed by atoms with Gasteiger partial charge in [0.15, 0.2) is 0 Å². The quantitative estimate of drug-likeness (QED) is 0.833. The van der Waals surface area contributed by atoms with E-state index in [-0.39, 0.29) is 11.6 Å². The highest BCUT2D eigenvalue weighted by Gasteiger charge is 2.45. The molecule has 3 nitrogen and oxygen atoms in total. The van der Waals surface area contributed by atoms with Gasteiger partial charge in [-0.05, 0) is 50.4 Å². The van der Waals surface area contributed by atoms with E-state index >= 15 is 0 Å². The molecule has 3 heteroatoms. The van der Waals surface area contributed by atoms with Gasteiger partial charge in [0.05, 0.1) is 5.60 Å². The van der Waals surface area contributed by atoms with Crippen molar-refractivity contribution in [3.05, 3.63) is 0 Å². The highest BCUT2D eigenvalue weighted by molar-refractivity contribution is 4.98. The van der Waals surface area contributed by atoms with Crippen LogP contribution in [-0.4, -0.2) is 31.5 Å². The van der Waals surface area contributed by atoms with E-state index < -0.39 is 0 Å². The Morgan fingerprint density at radius 2 is 2.05 bits per heavy atom. The van der Waals surface area contributed by atoms with Crippen LogP contribution in [0.15, 0.2) is 0 Å². The van der Waals surface area contributed by atoms with Gasteiger partial charge < -0.3 is 15.2 Å². The van der Waals surface area contributed by atoms with Gasteiger partial charge in [-0.2, -0.15) is 0 Å². The summed E-state index contributed by atoms with van der Waals surface area (Å²) in [6, 6.07) is 0.195. The standard InChI is InChI=1S/C16H29NO2/c1-2-19-16(5-7-18-8-6-16)15(17)11-14-10-12-3-4-13(14)9-12/h12-15H,2-11,17H2,1H3. The minimum Gasteiger partial charge on any atom is -0.381 e. The molecule has 2 N–H and O–H groups in total. The Kier molecular flexibility index (Phi) is 4.16. The third-order valence-electron chi connectivity index (χ3n) is 5.89. The number of nitrogens with two attached hydrogens (primary N) is 1. The van der Waals surface area contributed by atoms with Crippen molar-refractivity contribution >= 4 is 0 Å². The summed E-state index contributed by atoms with van der Waals surface area (Å²) < 4.78 is 11.6. The van der Waals surface area contributed by atoms with Crippen LogP contribution in [0.25, 0.3) is 0 Å². The van der Waals surface area contributed by atoms with E-state index in [1.54, 1.807) is 0 Å². The summed E-state index contributed by atoms with van der Waals surface area (Å²) in [5.41, 5.74) is 6.50. The summed E-state index contributed by atoms with van der Waals surface area (Å²) in [7, 11) is 0. The molecule has 0 spiro atoms. The molecule has 3 rings (SSSR count). The van der Waals surface area contributed by atoms with Crippen molar-refractivity contribution in [1.82, 2.24) is 0 Å². The van der Waals surface area contributed by atoms with Crippen molar-refractivity contribution in [2.45, 2.75) is 63.5 Å². The van der Waals surface area contributed by atoms with Crippen LogP contribution in [0.1, 0.15) is 51.9 Å². The summed E-state index contributed by atoms with van der Waals surface area (Å²) in [4.78, 5) is 0. The molecule has 4 atom stereocenters. The largest absolute Gasteiger partial charge is 0.381 e. The molecule has 2 saturated carbocycles. The molecule has 110 valence electrons. The monoisotopic (exact) mass is 267 g/mol. The van der Waals surface area contributed by atoms with Gasteiger partial charge in [-0.15, -0.1) is 0 Å². The van der Waals surface area contributed by atoms with Crippen LogP contribution in [0.4, 0.5) is 0 Å². The van der Waals surface area contributed by atoms with Crippen molar-refractivity contribution in [3.8, 4) is 0 Å². The average molecular weight is 267 g/mol. The number of ether oxygens (including phenoxy) is 2. The molecule has 0 radical (unpaired) electrons. The van der Waals surface area contributed by atoms with E-state index in [2.05, 4.69) is 6.92 Å². The Hall–Kier alpha value is -0.120. The van der Waals surface area contributed by atoms with Crippen LogP contribution < -0.4 is 5.73 Å². The molecular formula is C16H29NO2. The van der Waals surface area contributed by atoms with Gasteiger partial charge in [-0.3, -0.25) is 0 Å². The molecule has 2 bridgehead atoms. The molecule has 2 aliphatic carbocycles. The first-order chi connectivity index (χ1) is 9.23. The zero-order valence-electron chi connectivity index (χ0n) is 12.3. The second-order valence-electron chi connectivity index (χ2n) is 6.89. The van der Waals surface area contributed by atoms with Crippen molar-refractivity contribution in [3.63, 3.8) is 0 Å². The Labute approximate surface area is 117 Å². The maximum absolute atomic E-state index is 6.60. The molecule has 4 unspecified atom stereocenters. The van der Waals surface area contributed by atoms with Crippen LogP contribution in [0.2, 0.25) is 0 Å². The van der Waals surface area contributed by atoms with E-state index in [1.165, 1.54) is 32.1 Å². The number of hydrogen-bond donors (Lipinski definition) is 1. The lowest BCUT2D eigenvalue weighted by Gasteiger charge is -2.43. The Bertz CT molecular complexity index is 296. The van der Waals surface area contributed by atoms with E-state index in [1.807, 2.05) is 0 Å². The summed E-state index contributed by atoms with van der Waals surface area (Å²) in [6.45, 7) is 4.47. The van der Waals surface area contributed by atoms with Crippen molar-refractivity contribution in [2.24, 2.45) is 23.5 Å². The van der Waals surface area contributed by atoms with E-state index in [4.69, 9.17) is 15.2 Å². The molecule has 0 amide bonds. The van der Waals surface area contributed by atoms with Crippen LogP contribution >= 0.6 is 0 Å². The molecular weight excluding hydrogens is 238 g/mol. The SMILES string of the molecule is CCOC1(C(N)CC2CC3CCC2C3)CCOCC1. The van der Waals surface area contributed by atoms with Crippen molar-refractivity contribution in [1.29, 1.82) is 0 Å². The van der Waals surface area contributed by atoms with E-state index in [9.17, 15) is 0 Å². The first-order valence-corrected chi connectivity index (χ1v) is 8.21. The predicted molar refractivity (Wildman–Crippen MR) is 75.9 cm³/mol. The summed E-state index contributed by atoms with van der Waals surface area (Å²) >= 11 is 0. The fourth-order valence-electron chi connectivity index (χ4n) is 4.83. The lowest BCUT2D eigenvalue weighted by Crippen LogP contribution is -2.54. The van der Waals surface area contributed by atoms with Crippen LogP contribution in [0, 0.1) is 17.8 Å². The van der Waals surface area contributed by atoms with Gasteiger partial charge in [-0.25, -0.2) is 0 Å². The fourth-order valence-corrected chi connectivity index (χ4v) is 4.83. The number of rotatable bonds is 5. The predicted octanol–water partition coefficient (Wildman–Crippen LogP) is 2.73. The van der Waals surface area contributed by atoms with Crippen LogP contribution in [0.5, 0.6) is 0 Å². The third kappa shape index (κ3) is 2.70. The number of fused-ring (bicyclic) bond motifs is 2. The third-order valence-corrected chi connectivity index (χ3v) is 5.89. The molecule has 0 aromatic carbocycles.